The summed E-state index contributed by atoms with van der Waals surface area (Å²) in [7, 11) is 1.39. The van der Waals surface area contributed by atoms with Gasteiger partial charge in [-0.2, -0.15) is 0 Å². The van der Waals surface area contributed by atoms with Crippen molar-refractivity contribution in [2.75, 3.05) is 38.1 Å². The van der Waals surface area contributed by atoms with E-state index in [1.165, 1.54) is 25.1 Å². The van der Waals surface area contributed by atoms with Crippen molar-refractivity contribution in [2.24, 2.45) is 11.8 Å². The molecule has 5 nitrogen and oxygen atoms in total. The maximum absolute atomic E-state index is 14.1. The second kappa shape index (κ2) is 9.18. The van der Waals surface area contributed by atoms with E-state index in [0.29, 0.717) is 47.3 Å². The van der Waals surface area contributed by atoms with E-state index < -0.39 is 5.97 Å². The standard InChI is InChI=1S/C26H31FN2O3S/c1-4-29(5-2)13-15-10-19(15)21-12-17(27)6-9-23(21)33-28-22-8-7-18-20-11-16(20)14-32-25(18)24(22)26(30)31-3/h6-9,12,15-16,19-20,28H,4-5,10-11,13-14H2,1-3H3/t15?,16-,19?,20?/m0/s1. The zero-order chi connectivity index (χ0) is 23.1. The lowest BCUT2D eigenvalue weighted by Gasteiger charge is -2.22. The van der Waals surface area contributed by atoms with Crippen molar-refractivity contribution in [3.05, 3.63) is 52.8 Å². The summed E-state index contributed by atoms with van der Waals surface area (Å²) in [5.41, 5.74) is 3.25. The lowest BCUT2D eigenvalue weighted by Crippen LogP contribution is -2.25. The van der Waals surface area contributed by atoms with Gasteiger partial charge < -0.3 is 19.1 Å². The second-order valence-corrected chi connectivity index (χ2v) is 10.1. The lowest BCUT2D eigenvalue weighted by atomic mass is 10.0. The van der Waals surface area contributed by atoms with Gasteiger partial charge >= 0.3 is 5.97 Å². The quantitative estimate of drug-likeness (QED) is 0.376. The summed E-state index contributed by atoms with van der Waals surface area (Å²) in [5.74, 6) is 2.01. The third-order valence-electron chi connectivity index (χ3n) is 7.29. The Morgan fingerprint density at radius 2 is 2.00 bits per heavy atom. The molecule has 3 aliphatic rings. The van der Waals surface area contributed by atoms with Crippen LogP contribution in [0.3, 0.4) is 0 Å². The average Bonchev–Trinajstić information content (AvgIpc) is 3.75. The summed E-state index contributed by atoms with van der Waals surface area (Å²) in [4.78, 5) is 16.1. The topological polar surface area (TPSA) is 50.8 Å². The van der Waals surface area contributed by atoms with Gasteiger partial charge in [0.2, 0.25) is 0 Å². The zero-order valence-corrected chi connectivity index (χ0v) is 20.2. The number of esters is 1. The van der Waals surface area contributed by atoms with Crippen LogP contribution in [0.25, 0.3) is 0 Å². The number of methoxy groups -OCH3 is 1. The van der Waals surface area contributed by atoms with Crippen molar-refractivity contribution in [1.82, 2.24) is 4.90 Å². The molecule has 0 radical (unpaired) electrons. The number of hydrogen-bond donors (Lipinski definition) is 1. The molecule has 176 valence electrons. The molecular formula is C26H31FN2O3S. The van der Waals surface area contributed by atoms with E-state index in [0.717, 1.165) is 48.5 Å². The molecule has 5 rings (SSSR count). The van der Waals surface area contributed by atoms with Gasteiger partial charge in [-0.3, -0.25) is 0 Å². The maximum Gasteiger partial charge on any atom is 0.343 e. The van der Waals surface area contributed by atoms with Crippen LogP contribution in [0.1, 0.15) is 60.0 Å². The Hall–Kier alpha value is -2.25. The lowest BCUT2D eigenvalue weighted by molar-refractivity contribution is 0.0596. The largest absolute Gasteiger partial charge is 0.492 e. The monoisotopic (exact) mass is 470 g/mol. The van der Waals surface area contributed by atoms with Gasteiger partial charge in [-0.1, -0.05) is 19.9 Å². The molecule has 33 heavy (non-hydrogen) atoms. The minimum atomic E-state index is -0.408. The molecular weight excluding hydrogens is 439 g/mol. The molecule has 2 aliphatic carbocycles. The van der Waals surface area contributed by atoms with Crippen LogP contribution in [0.2, 0.25) is 0 Å². The minimum absolute atomic E-state index is 0.209. The maximum atomic E-state index is 14.1. The second-order valence-electron chi connectivity index (χ2n) is 9.29. The molecule has 2 aromatic carbocycles. The van der Waals surface area contributed by atoms with Crippen molar-refractivity contribution < 1.29 is 18.7 Å². The number of fused-ring (bicyclic) bond motifs is 3. The van der Waals surface area contributed by atoms with Crippen LogP contribution in [0, 0.1) is 17.7 Å². The van der Waals surface area contributed by atoms with Gasteiger partial charge in [-0.15, -0.1) is 0 Å². The summed E-state index contributed by atoms with van der Waals surface area (Å²) in [6.07, 6.45) is 2.19. The van der Waals surface area contributed by atoms with E-state index >= 15 is 0 Å². The highest BCUT2D eigenvalue weighted by Gasteiger charge is 2.45. The van der Waals surface area contributed by atoms with E-state index in [1.807, 2.05) is 12.1 Å². The number of halogens is 1. The Labute approximate surface area is 199 Å². The molecule has 1 heterocycles. The molecule has 1 aliphatic heterocycles. The highest BCUT2D eigenvalue weighted by Crippen LogP contribution is 2.56. The summed E-state index contributed by atoms with van der Waals surface area (Å²) in [6.45, 7) is 8.12. The fourth-order valence-electron chi connectivity index (χ4n) is 5.09. The van der Waals surface area contributed by atoms with Crippen LogP contribution >= 0.6 is 11.9 Å². The molecule has 0 bridgehead atoms. The van der Waals surface area contributed by atoms with Gasteiger partial charge in [-0.25, -0.2) is 9.18 Å². The third-order valence-corrected chi connectivity index (χ3v) is 8.21. The number of hydrogen-bond acceptors (Lipinski definition) is 6. The number of anilines is 1. The average molecular weight is 471 g/mol. The number of nitrogens with one attached hydrogen (secondary N) is 1. The molecule has 2 saturated carbocycles. The van der Waals surface area contributed by atoms with Crippen LogP contribution in [0.15, 0.2) is 35.2 Å². The highest BCUT2D eigenvalue weighted by molar-refractivity contribution is 8.00. The Bertz CT molecular complexity index is 1060. The number of rotatable bonds is 9. The normalized spacial score (nSPS) is 24.5. The summed E-state index contributed by atoms with van der Waals surface area (Å²) in [6, 6.07) is 8.99. The Morgan fingerprint density at radius 3 is 2.76 bits per heavy atom. The first kappa shape index (κ1) is 22.5. The van der Waals surface area contributed by atoms with Crippen LogP contribution in [0.4, 0.5) is 10.1 Å². The summed E-state index contributed by atoms with van der Waals surface area (Å²) >= 11 is 1.42. The van der Waals surface area contributed by atoms with Gasteiger partial charge in [0, 0.05) is 17.4 Å². The van der Waals surface area contributed by atoms with E-state index in [-0.39, 0.29) is 5.82 Å². The Kier molecular flexibility index (Phi) is 6.27. The van der Waals surface area contributed by atoms with E-state index in [4.69, 9.17) is 9.47 Å². The molecule has 3 unspecified atom stereocenters. The molecule has 0 spiro atoms. The van der Waals surface area contributed by atoms with Gasteiger partial charge in [0.05, 0.1) is 19.4 Å². The molecule has 1 N–H and O–H groups in total. The molecule has 4 atom stereocenters. The van der Waals surface area contributed by atoms with Crippen LogP contribution in [0.5, 0.6) is 5.75 Å². The third kappa shape index (κ3) is 4.45. The van der Waals surface area contributed by atoms with Crippen molar-refractivity contribution in [1.29, 1.82) is 0 Å². The number of nitrogens with zero attached hydrogens (tertiary/aromatic N) is 1. The number of ether oxygens (including phenoxy) is 2. The van der Waals surface area contributed by atoms with E-state index in [9.17, 15) is 9.18 Å². The highest BCUT2D eigenvalue weighted by atomic mass is 32.2. The predicted octanol–water partition coefficient (Wildman–Crippen LogP) is 5.67. The van der Waals surface area contributed by atoms with Gasteiger partial charge in [0.15, 0.2) is 0 Å². The summed E-state index contributed by atoms with van der Waals surface area (Å²) in [5, 5.41) is 0. The fraction of sp³-hybridized carbons (Fsp3) is 0.500. The van der Waals surface area contributed by atoms with Crippen LogP contribution in [-0.4, -0.2) is 44.2 Å². The minimum Gasteiger partial charge on any atom is -0.492 e. The molecule has 0 amide bonds. The number of carbonyl (C=O) groups excluding carboxylic acids is 1. The van der Waals surface area contributed by atoms with Crippen molar-refractivity contribution >= 4 is 23.6 Å². The van der Waals surface area contributed by atoms with Gasteiger partial charge in [0.1, 0.15) is 17.1 Å². The van der Waals surface area contributed by atoms with Crippen LogP contribution < -0.4 is 9.46 Å². The van der Waals surface area contributed by atoms with Crippen molar-refractivity contribution in [3.8, 4) is 5.75 Å². The van der Waals surface area contributed by atoms with E-state index in [2.05, 4.69) is 29.5 Å². The smallest absolute Gasteiger partial charge is 0.343 e. The van der Waals surface area contributed by atoms with Gasteiger partial charge in [0.25, 0.3) is 0 Å². The molecule has 0 saturated heterocycles. The molecule has 2 aromatic rings. The summed E-state index contributed by atoms with van der Waals surface area (Å²) < 4.78 is 28.6. The van der Waals surface area contributed by atoms with E-state index in [1.54, 1.807) is 6.07 Å². The predicted molar refractivity (Wildman–Crippen MR) is 129 cm³/mol. The van der Waals surface area contributed by atoms with Crippen molar-refractivity contribution in [2.45, 2.75) is 43.4 Å². The molecule has 0 aromatic heterocycles. The van der Waals surface area contributed by atoms with Gasteiger partial charge in [-0.05, 0) is 91.0 Å². The fourth-order valence-corrected chi connectivity index (χ4v) is 5.95. The first-order valence-electron chi connectivity index (χ1n) is 11.9. The molecule has 2 fully saturated rings. The number of benzene rings is 2. The first-order valence-corrected chi connectivity index (χ1v) is 12.7. The SMILES string of the molecule is CCN(CC)CC1CC1c1cc(F)ccc1SNc1ccc2c(c1C(=O)OC)OC[C@@H]1CC21. The Balaban J connectivity index is 1.37. The molecule has 7 heteroatoms. The zero-order valence-electron chi connectivity index (χ0n) is 19.4. The number of carbonyl (C=O) groups is 1. The Morgan fingerprint density at radius 1 is 1.18 bits per heavy atom. The first-order chi connectivity index (χ1) is 16.0. The van der Waals surface area contributed by atoms with Crippen molar-refractivity contribution in [3.63, 3.8) is 0 Å². The van der Waals surface area contributed by atoms with Crippen LogP contribution in [-0.2, 0) is 4.74 Å².